The number of pyridine rings is 1. The summed E-state index contributed by atoms with van der Waals surface area (Å²) in [6.45, 7) is 5.89. The zero-order valence-corrected chi connectivity index (χ0v) is 14.9. The van der Waals surface area contributed by atoms with Gasteiger partial charge >= 0.3 is 0 Å². The lowest BCUT2D eigenvalue weighted by Gasteiger charge is -2.19. The molecule has 0 radical (unpaired) electrons. The summed E-state index contributed by atoms with van der Waals surface area (Å²) in [7, 11) is 0. The van der Waals surface area contributed by atoms with Crippen LogP contribution >= 0.6 is 0 Å². The Morgan fingerprint density at radius 3 is 2.92 bits per heavy atom. The maximum atomic E-state index is 9.05. The molecule has 1 unspecified atom stereocenters. The van der Waals surface area contributed by atoms with Gasteiger partial charge in [-0.25, -0.2) is 4.52 Å². The number of fused-ring (bicyclic) bond motifs is 1. The Bertz CT molecular complexity index is 980. The van der Waals surface area contributed by atoms with Gasteiger partial charge in [-0.05, 0) is 42.2 Å². The van der Waals surface area contributed by atoms with E-state index < -0.39 is 0 Å². The fourth-order valence-corrected chi connectivity index (χ4v) is 3.31. The van der Waals surface area contributed by atoms with Gasteiger partial charge < -0.3 is 10.1 Å². The summed E-state index contributed by atoms with van der Waals surface area (Å²) in [5, 5.41) is 17.1. The number of ether oxygens (including phenoxy) is 1. The molecule has 0 amide bonds. The molecule has 0 bridgehead atoms. The first kappa shape index (κ1) is 16.6. The molecule has 6 nitrogen and oxygen atoms in total. The van der Waals surface area contributed by atoms with E-state index in [9.17, 15) is 0 Å². The SMILES string of the molecule is CC(C)c1cnc(-c2ccc3cc(C#N)cnn23)cc1NC1CCOC1. The summed E-state index contributed by atoms with van der Waals surface area (Å²) in [6, 6.07) is 10.3. The van der Waals surface area contributed by atoms with Crippen LogP contribution < -0.4 is 5.32 Å². The molecule has 4 heterocycles. The van der Waals surface area contributed by atoms with Crippen molar-refractivity contribution in [3.05, 3.63) is 47.8 Å². The van der Waals surface area contributed by atoms with E-state index in [-0.39, 0.29) is 0 Å². The van der Waals surface area contributed by atoms with E-state index in [2.05, 4.69) is 41.4 Å². The fourth-order valence-electron chi connectivity index (χ4n) is 3.31. The lowest BCUT2D eigenvalue weighted by atomic mass is 10.0. The van der Waals surface area contributed by atoms with Gasteiger partial charge in [-0.1, -0.05) is 13.8 Å². The number of rotatable bonds is 4. The van der Waals surface area contributed by atoms with Crippen molar-refractivity contribution in [2.24, 2.45) is 0 Å². The van der Waals surface area contributed by atoms with Crippen molar-refractivity contribution in [1.82, 2.24) is 14.6 Å². The number of aromatic nitrogens is 3. The van der Waals surface area contributed by atoms with Crippen LogP contribution in [0.15, 0.2) is 36.7 Å². The molecule has 1 aliphatic heterocycles. The maximum absolute atomic E-state index is 9.05. The molecule has 26 heavy (non-hydrogen) atoms. The Morgan fingerprint density at radius 2 is 2.19 bits per heavy atom. The normalized spacial score (nSPS) is 16.9. The van der Waals surface area contributed by atoms with Gasteiger partial charge in [-0.3, -0.25) is 4.98 Å². The molecule has 6 heteroatoms. The average molecular weight is 347 g/mol. The lowest BCUT2D eigenvalue weighted by Crippen LogP contribution is -2.20. The third kappa shape index (κ3) is 3.02. The van der Waals surface area contributed by atoms with Crippen LogP contribution in [0.2, 0.25) is 0 Å². The predicted molar refractivity (Wildman–Crippen MR) is 100 cm³/mol. The van der Waals surface area contributed by atoms with Crippen LogP contribution in [0.25, 0.3) is 16.9 Å². The molecule has 1 fully saturated rings. The largest absolute Gasteiger partial charge is 0.380 e. The van der Waals surface area contributed by atoms with Crippen LogP contribution in [0.4, 0.5) is 5.69 Å². The summed E-state index contributed by atoms with van der Waals surface area (Å²) in [4.78, 5) is 4.67. The molecule has 4 rings (SSSR count). The van der Waals surface area contributed by atoms with Crippen molar-refractivity contribution in [3.8, 4) is 17.5 Å². The standard InChI is InChI=1S/C20H21N5O/c1-13(2)17-11-22-19(8-18(17)24-15-5-6-26-12-15)20-4-3-16-7-14(9-21)10-23-25(16)20/h3-4,7-8,10-11,13,15H,5-6,12H2,1-2H3,(H,22,24). The Balaban J connectivity index is 1.76. The third-order valence-electron chi connectivity index (χ3n) is 4.74. The van der Waals surface area contributed by atoms with Gasteiger partial charge in [0, 0.05) is 18.5 Å². The molecule has 3 aromatic heterocycles. The van der Waals surface area contributed by atoms with Crippen molar-refractivity contribution in [3.63, 3.8) is 0 Å². The summed E-state index contributed by atoms with van der Waals surface area (Å²) >= 11 is 0. The van der Waals surface area contributed by atoms with E-state index >= 15 is 0 Å². The molecule has 0 saturated carbocycles. The number of nitriles is 1. The quantitative estimate of drug-likeness (QED) is 0.780. The van der Waals surface area contributed by atoms with Gasteiger partial charge in [0.25, 0.3) is 0 Å². The van der Waals surface area contributed by atoms with Crippen LogP contribution in [0.5, 0.6) is 0 Å². The number of anilines is 1. The number of nitrogens with zero attached hydrogens (tertiary/aromatic N) is 4. The minimum absolute atomic E-state index is 0.336. The lowest BCUT2D eigenvalue weighted by molar-refractivity contribution is 0.195. The second-order valence-corrected chi connectivity index (χ2v) is 6.93. The van der Waals surface area contributed by atoms with Gasteiger partial charge in [-0.2, -0.15) is 10.4 Å². The van der Waals surface area contributed by atoms with Gasteiger partial charge in [0.1, 0.15) is 6.07 Å². The molecule has 1 aliphatic rings. The monoisotopic (exact) mass is 347 g/mol. The van der Waals surface area contributed by atoms with E-state index in [0.717, 1.165) is 42.2 Å². The zero-order valence-electron chi connectivity index (χ0n) is 14.9. The Hall–Kier alpha value is -2.91. The average Bonchev–Trinajstić information content (AvgIpc) is 3.30. The highest BCUT2D eigenvalue weighted by atomic mass is 16.5. The summed E-state index contributed by atoms with van der Waals surface area (Å²) < 4.78 is 7.31. The molecule has 1 atom stereocenters. The van der Waals surface area contributed by atoms with Gasteiger partial charge in [0.05, 0.1) is 41.3 Å². The molecular formula is C20H21N5O. The van der Waals surface area contributed by atoms with Crippen LogP contribution in [0, 0.1) is 11.3 Å². The first-order chi connectivity index (χ1) is 12.7. The van der Waals surface area contributed by atoms with E-state index in [0.29, 0.717) is 17.5 Å². The second kappa shape index (κ2) is 6.77. The highest BCUT2D eigenvalue weighted by molar-refractivity contribution is 5.69. The van der Waals surface area contributed by atoms with E-state index in [4.69, 9.17) is 10.00 Å². The number of hydrogen-bond donors (Lipinski definition) is 1. The predicted octanol–water partition coefficient (Wildman–Crippen LogP) is 3.59. The van der Waals surface area contributed by atoms with E-state index in [1.807, 2.05) is 28.9 Å². The Labute approximate surface area is 152 Å². The first-order valence-corrected chi connectivity index (χ1v) is 8.88. The van der Waals surface area contributed by atoms with E-state index in [1.165, 1.54) is 5.56 Å². The van der Waals surface area contributed by atoms with E-state index in [1.54, 1.807) is 6.20 Å². The van der Waals surface area contributed by atoms with Crippen LogP contribution in [-0.2, 0) is 4.74 Å². The molecule has 1 N–H and O–H groups in total. The van der Waals surface area contributed by atoms with Gasteiger partial charge in [0.15, 0.2) is 0 Å². The smallest absolute Gasteiger partial charge is 0.101 e. The summed E-state index contributed by atoms with van der Waals surface area (Å²) in [5.41, 5.74) is 5.49. The summed E-state index contributed by atoms with van der Waals surface area (Å²) in [6.07, 6.45) is 4.54. The molecule has 3 aromatic rings. The topological polar surface area (TPSA) is 75.2 Å². The Morgan fingerprint density at radius 1 is 1.31 bits per heavy atom. The first-order valence-electron chi connectivity index (χ1n) is 8.88. The van der Waals surface area contributed by atoms with Crippen molar-refractivity contribution in [2.75, 3.05) is 18.5 Å². The Kier molecular flexibility index (Phi) is 4.31. The fraction of sp³-hybridized carbons (Fsp3) is 0.350. The van der Waals surface area contributed by atoms with Crippen LogP contribution in [0.1, 0.15) is 37.3 Å². The van der Waals surface area contributed by atoms with Crippen LogP contribution in [0.3, 0.4) is 0 Å². The minimum Gasteiger partial charge on any atom is -0.380 e. The second-order valence-electron chi connectivity index (χ2n) is 6.93. The molecule has 0 aromatic carbocycles. The zero-order chi connectivity index (χ0) is 18.1. The van der Waals surface area contributed by atoms with Crippen LogP contribution in [-0.4, -0.2) is 33.9 Å². The van der Waals surface area contributed by atoms with Crippen molar-refractivity contribution in [2.45, 2.75) is 32.2 Å². The maximum Gasteiger partial charge on any atom is 0.101 e. The number of hydrogen-bond acceptors (Lipinski definition) is 5. The van der Waals surface area contributed by atoms with Crippen molar-refractivity contribution >= 4 is 11.2 Å². The molecule has 0 aliphatic carbocycles. The van der Waals surface area contributed by atoms with Gasteiger partial charge in [-0.15, -0.1) is 0 Å². The van der Waals surface area contributed by atoms with Crippen molar-refractivity contribution in [1.29, 1.82) is 5.26 Å². The molecule has 132 valence electrons. The van der Waals surface area contributed by atoms with Crippen molar-refractivity contribution < 1.29 is 4.74 Å². The van der Waals surface area contributed by atoms with Gasteiger partial charge in [0.2, 0.25) is 0 Å². The number of nitrogens with one attached hydrogen (secondary N) is 1. The highest BCUT2D eigenvalue weighted by Crippen LogP contribution is 2.30. The third-order valence-corrected chi connectivity index (χ3v) is 4.74. The summed E-state index contributed by atoms with van der Waals surface area (Å²) in [5.74, 6) is 0.377. The highest BCUT2D eigenvalue weighted by Gasteiger charge is 2.19. The molecule has 1 saturated heterocycles. The minimum atomic E-state index is 0.336. The molecular weight excluding hydrogens is 326 g/mol. The molecule has 0 spiro atoms.